The van der Waals surface area contributed by atoms with Crippen molar-refractivity contribution >= 4 is 11.9 Å². The summed E-state index contributed by atoms with van der Waals surface area (Å²) in [4.78, 5) is 28.2. The molecule has 6 nitrogen and oxygen atoms in total. The molecule has 1 heterocycles. The number of carbonyl (C=O) groups excluding carboxylic acids is 2. The topological polar surface area (TPSA) is 59.1 Å². The lowest BCUT2D eigenvalue weighted by molar-refractivity contribution is -0.145. The van der Waals surface area contributed by atoms with E-state index in [0.717, 1.165) is 45.4 Å². The first-order valence-corrected chi connectivity index (χ1v) is 11.0. The van der Waals surface area contributed by atoms with Gasteiger partial charge in [0.1, 0.15) is 0 Å². The van der Waals surface area contributed by atoms with Gasteiger partial charge in [-0.3, -0.25) is 19.4 Å². The first-order chi connectivity index (χ1) is 13.3. The number of esters is 2. The van der Waals surface area contributed by atoms with Gasteiger partial charge in [0.2, 0.25) is 0 Å². The molecule has 0 saturated carbocycles. The average molecular weight is 399 g/mol. The molecule has 0 N–H and O–H groups in total. The van der Waals surface area contributed by atoms with Gasteiger partial charge in [0.05, 0.1) is 32.7 Å². The number of ether oxygens (including phenoxy) is 2. The maximum Gasteiger partial charge on any atom is 0.307 e. The summed E-state index contributed by atoms with van der Waals surface area (Å²) >= 11 is 0. The molecule has 0 aromatic rings. The van der Waals surface area contributed by atoms with E-state index in [0.29, 0.717) is 45.1 Å². The molecule has 1 saturated heterocycles. The Morgan fingerprint density at radius 3 is 1.89 bits per heavy atom. The van der Waals surface area contributed by atoms with Gasteiger partial charge in [-0.25, -0.2) is 0 Å². The summed E-state index contributed by atoms with van der Waals surface area (Å²) in [6.45, 7) is 16.0. The van der Waals surface area contributed by atoms with Gasteiger partial charge < -0.3 is 9.47 Å². The van der Waals surface area contributed by atoms with Crippen molar-refractivity contribution in [2.24, 2.45) is 11.3 Å². The van der Waals surface area contributed by atoms with Crippen molar-refractivity contribution in [3.05, 3.63) is 0 Å². The molecule has 0 unspecified atom stereocenters. The van der Waals surface area contributed by atoms with Crippen molar-refractivity contribution in [3.8, 4) is 0 Å². The number of rotatable bonds is 14. The van der Waals surface area contributed by atoms with E-state index in [9.17, 15) is 9.59 Å². The highest BCUT2D eigenvalue weighted by Gasteiger charge is 2.22. The molecule has 0 radical (unpaired) electrons. The first-order valence-electron chi connectivity index (χ1n) is 11.0. The molecule has 0 aromatic carbocycles. The zero-order valence-electron chi connectivity index (χ0n) is 18.8. The van der Waals surface area contributed by atoms with E-state index in [4.69, 9.17) is 9.47 Å². The Morgan fingerprint density at radius 1 is 0.929 bits per heavy atom. The van der Waals surface area contributed by atoms with E-state index in [1.54, 1.807) is 0 Å². The second-order valence-electron chi connectivity index (χ2n) is 8.77. The van der Waals surface area contributed by atoms with Crippen molar-refractivity contribution in [3.63, 3.8) is 0 Å². The summed E-state index contributed by atoms with van der Waals surface area (Å²) in [6.07, 6.45) is 4.92. The normalized spacial score (nSPS) is 15.9. The number of nitrogens with zero attached hydrogens (tertiary/aromatic N) is 2. The van der Waals surface area contributed by atoms with Gasteiger partial charge >= 0.3 is 11.9 Å². The standard InChI is InChI=1S/C22H42N2O4/c1-6-22(5,7-2)11-17-28-21(26)9-13-24-15-14-23(18-24)12-8-20(25)27-16-10-19(3)4/h19H,6-18H2,1-5H3. The quantitative estimate of drug-likeness (QED) is 0.416. The molecule has 0 atom stereocenters. The van der Waals surface area contributed by atoms with Crippen LogP contribution in [-0.2, 0) is 19.1 Å². The van der Waals surface area contributed by atoms with Gasteiger partial charge in [0, 0.05) is 26.2 Å². The van der Waals surface area contributed by atoms with Crippen LogP contribution in [0.2, 0.25) is 0 Å². The third-order valence-electron chi connectivity index (χ3n) is 6.03. The molecule has 0 amide bonds. The minimum absolute atomic E-state index is 0.110. The molecule has 0 aliphatic carbocycles. The molecule has 6 heteroatoms. The molecular weight excluding hydrogens is 356 g/mol. The molecule has 28 heavy (non-hydrogen) atoms. The lowest BCUT2D eigenvalue weighted by atomic mass is 9.82. The van der Waals surface area contributed by atoms with Crippen LogP contribution in [-0.4, -0.2) is 67.8 Å². The van der Waals surface area contributed by atoms with Crippen molar-refractivity contribution in [2.45, 2.75) is 73.1 Å². The Morgan fingerprint density at radius 2 is 1.43 bits per heavy atom. The maximum absolute atomic E-state index is 12.0. The van der Waals surface area contributed by atoms with Crippen LogP contribution in [0.5, 0.6) is 0 Å². The van der Waals surface area contributed by atoms with Crippen LogP contribution in [0, 0.1) is 11.3 Å². The second-order valence-corrected chi connectivity index (χ2v) is 8.77. The van der Waals surface area contributed by atoms with Crippen molar-refractivity contribution in [1.29, 1.82) is 0 Å². The minimum atomic E-state index is -0.117. The summed E-state index contributed by atoms with van der Waals surface area (Å²) in [5.41, 5.74) is 0.270. The number of hydrogen-bond acceptors (Lipinski definition) is 6. The van der Waals surface area contributed by atoms with Crippen LogP contribution in [0.3, 0.4) is 0 Å². The summed E-state index contributed by atoms with van der Waals surface area (Å²) < 4.78 is 10.7. The predicted octanol–water partition coefficient (Wildman–Crippen LogP) is 3.69. The Labute approximate surface area is 171 Å². The van der Waals surface area contributed by atoms with Crippen LogP contribution in [0.4, 0.5) is 0 Å². The van der Waals surface area contributed by atoms with Crippen LogP contribution >= 0.6 is 0 Å². The molecule has 1 aliphatic heterocycles. The van der Waals surface area contributed by atoms with E-state index in [1.165, 1.54) is 0 Å². The first kappa shape index (κ1) is 24.9. The fraction of sp³-hybridized carbons (Fsp3) is 0.909. The van der Waals surface area contributed by atoms with Crippen LogP contribution in [0.25, 0.3) is 0 Å². The maximum atomic E-state index is 12.0. The summed E-state index contributed by atoms with van der Waals surface area (Å²) in [5, 5.41) is 0. The third-order valence-corrected chi connectivity index (χ3v) is 6.03. The van der Waals surface area contributed by atoms with Crippen LogP contribution in [0.15, 0.2) is 0 Å². The number of carbonyl (C=O) groups is 2. The molecule has 0 bridgehead atoms. The molecule has 1 rings (SSSR count). The fourth-order valence-corrected chi connectivity index (χ4v) is 3.14. The predicted molar refractivity (Wildman–Crippen MR) is 112 cm³/mol. The highest BCUT2D eigenvalue weighted by atomic mass is 16.5. The van der Waals surface area contributed by atoms with E-state index < -0.39 is 0 Å². The summed E-state index contributed by atoms with van der Waals surface area (Å²) in [7, 11) is 0. The van der Waals surface area contributed by atoms with Crippen molar-refractivity contribution in [1.82, 2.24) is 9.80 Å². The Hall–Kier alpha value is -1.14. The molecular formula is C22H42N2O4. The molecule has 164 valence electrons. The molecule has 1 fully saturated rings. The van der Waals surface area contributed by atoms with E-state index >= 15 is 0 Å². The minimum Gasteiger partial charge on any atom is -0.466 e. The summed E-state index contributed by atoms with van der Waals surface area (Å²) in [6, 6.07) is 0. The fourth-order valence-electron chi connectivity index (χ4n) is 3.14. The largest absolute Gasteiger partial charge is 0.466 e. The third kappa shape index (κ3) is 10.4. The lowest BCUT2D eigenvalue weighted by Crippen LogP contribution is -2.29. The monoisotopic (exact) mass is 398 g/mol. The average Bonchev–Trinajstić information content (AvgIpc) is 3.12. The van der Waals surface area contributed by atoms with Gasteiger partial charge in [0.15, 0.2) is 0 Å². The molecule has 1 aliphatic rings. The Balaban J connectivity index is 2.11. The van der Waals surface area contributed by atoms with Crippen LogP contribution < -0.4 is 0 Å². The second kappa shape index (κ2) is 13.2. The van der Waals surface area contributed by atoms with E-state index in [2.05, 4.69) is 44.4 Å². The Kier molecular flexibility index (Phi) is 11.7. The Bertz CT molecular complexity index is 463. The van der Waals surface area contributed by atoms with Gasteiger partial charge in [-0.05, 0) is 24.2 Å². The summed E-state index contributed by atoms with van der Waals surface area (Å²) in [5.74, 6) is 0.324. The lowest BCUT2D eigenvalue weighted by Gasteiger charge is -2.26. The van der Waals surface area contributed by atoms with Crippen molar-refractivity contribution in [2.75, 3.05) is 46.1 Å². The molecule has 0 spiro atoms. The number of hydrogen-bond donors (Lipinski definition) is 0. The van der Waals surface area contributed by atoms with Gasteiger partial charge in [0.25, 0.3) is 0 Å². The zero-order chi connectivity index (χ0) is 21.0. The van der Waals surface area contributed by atoms with Gasteiger partial charge in [-0.15, -0.1) is 0 Å². The van der Waals surface area contributed by atoms with E-state index in [-0.39, 0.29) is 17.4 Å². The van der Waals surface area contributed by atoms with E-state index in [1.807, 2.05) is 0 Å². The highest BCUT2D eigenvalue weighted by molar-refractivity contribution is 5.69. The SMILES string of the molecule is CCC(C)(CC)CCOC(=O)CCN1CCN(CCC(=O)OCCC(C)C)C1. The van der Waals surface area contributed by atoms with Gasteiger partial charge in [-0.1, -0.05) is 47.5 Å². The van der Waals surface area contributed by atoms with Gasteiger partial charge in [-0.2, -0.15) is 0 Å². The van der Waals surface area contributed by atoms with Crippen molar-refractivity contribution < 1.29 is 19.1 Å². The van der Waals surface area contributed by atoms with Crippen LogP contribution in [0.1, 0.15) is 73.1 Å². The highest BCUT2D eigenvalue weighted by Crippen LogP contribution is 2.29. The zero-order valence-corrected chi connectivity index (χ0v) is 18.8. The molecule has 0 aromatic heterocycles. The smallest absolute Gasteiger partial charge is 0.307 e.